The van der Waals surface area contributed by atoms with E-state index < -0.39 is 12.7 Å². The molecule has 0 aliphatic heterocycles. The highest BCUT2D eigenvalue weighted by molar-refractivity contribution is 14.0. The maximum Gasteiger partial charge on any atom is 0.401 e. The summed E-state index contributed by atoms with van der Waals surface area (Å²) in [5.74, 6) is 0.584. The molecular weight excluding hydrogens is 470 g/mol. The molecule has 0 saturated carbocycles. The fraction of sp³-hybridized carbons (Fsp3) is 0.500. The third kappa shape index (κ3) is 7.96. The summed E-state index contributed by atoms with van der Waals surface area (Å²) in [5, 5.41) is 7.43. The quantitative estimate of drug-likeness (QED) is 0.313. The largest absolute Gasteiger partial charge is 0.401 e. The number of halogens is 4. The first-order chi connectivity index (χ1) is 12.3. The van der Waals surface area contributed by atoms with Crippen molar-refractivity contribution in [2.45, 2.75) is 19.5 Å². The maximum atomic E-state index is 12.3. The Kier molecular flexibility index (Phi) is 9.37. The number of benzene rings is 1. The Hall–Kier alpha value is -1.49. The number of rotatable bonds is 7. The Morgan fingerprint density at radius 1 is 1.22 bits per heavy atom. The van der Waals surface area contributed by atoms with Crippen LogP contribution in [0.3, 0.4) is 0 Å². The molecule has 27 heavy (non-hydrogen) atoms. The molecule has 0 unspecified atom stereocenters. The van der Waals surface area contributed by atoms with Crippen LogP contribution in [0.1, 0.15) is 11.1 Å². The zero-order valence-corrected chi connectivity index (χ0v) is 18.1. The number of hydrogen-bond donors (Lipinski definition) is 3. The molecule has 0 atom stereocenters. The normalized spacial score (nSPS) is 12.3. The summed E-state index contributed by atoms with van der Waals surface area (Å²) in [4.78, 5) is 8.60. The molecule has 0 spiro atoms. The summed E-state index contributed by atoms with van der Waals surface area (Å²) < 4.78 is 36.9. The van der Waals surface area contributed by atoms with Crippen molar-refractivity contribution in [1.82, 2.24) is 20.5 Å². The topological polar surface area (TPSA) is 55.5 Å². The van der Waals surface area contributed by atoms with Crippen molar-refractivity contribution in [3.63, 3.8) is 0 Å². The third-order valence-corrected chi connectivity index (χ3v) is 4.07. The average molecular weight is 497 g/mol. The Balaban J connectivity index is 0.00000364. The highest BCUT2D eigenvalue weighted by atomic mass is 127. The lowest BCUT2D eigenvalue weighted by Crippen LogP contribution is -2.42. The van der Waals surface area contributed by atoms with Gasteiger partial charge in [0.15, 0.2) is 5.96 Å². The van der Waals surface area contributed by atoms with Gasteiger partial charge in [-0.05, 0) is 37.6 Å². The molecule has 1 aromatic heterocycles. The van der Waals surface area contributed by atoms with E-state index in [1.165, 1.54) is 28.5 Å². The lowest BCUT2D eigenvalue weighted by atomic mass is 10.1. The molecular formula is C18H27F3IN5. The van der Waals surface area contributed by atoms with Gasteiger partial charge in [0.05, 0.1) is 6.54 Å². The number of aromatic amines is 1. The van der Waals surface area contributed by atoms with Crippen LogP contribution in [0.15, 0.2) is 29.4 Å². The Bertz CT molecular complexity index is 742. The zero-order valence-electron chi connectivity index (χ0n) is 15.8. The van der Waals surface area contributed by atoms with E-state index in [0.29, 0.717) is 19.0 Å². The van der Waals surface area contributed by atoms with E-state index in [9.17, 15) is 13.2 Å². The maximum absolute atomic E-state index is 12.3. The zero-order chi connectivity index (χ0) is 19.2. The van der Waals surface area contributed by atoms with Crippen molar-refractivity contribution >= 4 is 40.8 Å². The molecule has 2 rings (SSSR count). The van der Waals surface area contributed by atoms with Crippen LogP contribution >= 0.6 is 24.0 Å². The van der Waals surface area contributed by atoms with Crippen molar-refractivity contribution in [2.75, 3.05) is 40.3 Å². The SMILES string of the molecule is CN=C(NCCc1c[nH]c2cc(C)ccc12)NCCN(C)CC(F)(F)F.I. The summed E-state index contributed by atoms with van der Waals surface area (Å²) in [6.45, 7) is 2.49. The van der Waals surface area contributed by atoms with Crippen molar-refractivity contribution in [3.8, 4) is 0 Å². The molecule has 0 bridgehead atoms. The third-order valence-electron chi connectivity index (χ3n) is 4.07. The van der Waals surface area contributed by atoms with Gasteiger partial charge in [0.2, 0.25) is 0 Å². The van der Waals surface area contributed by atoms with Crippen LogP contribution in [0, 0.1) is 6.92 Å². The smallest absolute Gasteiger partial charge is 0.361 e. The van der Waals surface area contributed by atoms with Gasteiger partial charge in [0.25, 0.3) is 0 Å². The predicted octanol–water partition coefficient (Wildman–Crippen LogP) is 3.30. The number of nitrogens with one attached hydrogen (secondary N) is 3. The van der Waals surface area contributed by atoms with E-state index in [-0.39, 0.29) is 30.5 Å². The van der Waals surface area contributed by atoms with E-state index in [1.807, 2.05) is 6.20 Å². The number of aliphatic imine (C=N–C) groups is 1. The molecule has 2 aromatic rings. The number of likely N-dealkylation sites (N-methyl/N-ethyl adjacent to an activating group) is 1. The van der Waals surface area contributed by atoms with Crippen molar-refractivity contribution < 1.29 is 13.2 Å². The van der Waals surface area contributed by atoms with Gasteiger partial charge in [-0.3, -0.25) is 9.89 Å². The molecule has 0 radical (unpaired) electrons. The second-order valence-corrected chi connectivity index (χ2v) is 6.39. The minimum absolute atomic E-state index is 0. The number of nitrogens with zero attached hydrogens (tertiary/aromatic N) is 2. The van der Waals surface area contributed by atoms with Gasteiger partial charge in [-0.2, -0.15) is 13.2 Å². The Morgan fingerprint density at radius 3 is 2.59 bits per heavy atom. The molecule has 9 heteroatoms. The lowest BCUT2D eigenvalue weighted by Gasteiger charge is -2.19. The first kappa shape index (κ1) is 23.5. The number of fused-ring (bicyclic) bond motifs is 1. The molecule has 0 amide bonds. The van der Waals surface area contributed by atoms with Gasteiger partial charge in [-0.25, -0.2) is 0 Å². The Morgan fingerprint density at radius 2 is 1.93 bits per heavy atom. The second kappa shape index (κ2) is 10.7. The lowest BCUT2D eigenvalue weighted by molar-refractivity contribution is -0.142. The number of alkyl halides is 3. The van der Waals surface area contributed by atoms with Crippen LogP contribution in [0.25, 0.3) is 10.9 Å². The van der Waals surface area contributed by atoms with Gasteiger partial charge < -0.3 is 15.6 Å². The number of aromatic nitrogens is 1. The predicted molar refractivity (Wildman–Crippen MR) is 115 cm³/mol. The molecule has 3 N–H and O–H groups in total. The molecule has 152 valence electrons. The summed E-state index contributed by atoms with van der Waals surface area (Å²) >= 11 is 0. The molecule has 1 aromatic carbocycles. The molecule has 1 heterocycles. The summed E-state index contributed by atoms with van der Waals surface area (Å²) in [7, 11) is 3.09. The fourth-order valence-corrected chi connectivity index (χ4v) is 2.79. The van der Waals surface area contributed by atoms with E-state index in [2.05, 4.69) is 45.7 Å². The van der Waals surface area contributed by atoms with E-state index >= 15 is 0 Å². The number of aryl methyl sites for hydroxylation is 1. The van der Waals surface area contributed by atoms with Crippen LogP contribution in [0.2, 0.25) is 0 Å². The van der Waals surface area contributed by atoms with Crippen LogP contribution in [-0.2, 0) is 6.42 Å². The summed E-state index contributed by atoms with van der Waals surface area (Å²) in [6.07, 6.45) is -1.35. The second-order valence-electron chi connectivity index (χ2n) is 6.39. The van der Waals surface area contributed by atoms with Crippen molar-refractivity contribution in [2.24, 2.45) is 4.99 Å². The van der Waals surface area contributed by atoms with Crippen LogP contribution in [-0.4, -0.2) is 62.3 Å². The number of hydrogen-bond acceptors (Lipinski definition) is 2. The molecule has 0 aliphatic rings. The molecule has 0 saturated heterocycles. The monoisotopic (exact) mass is 497 g/mol. The minimum atomic E-state index is -4.17. The van der Waals surface area contributed by atoms with Gasteiger partial charge in [0.1, 0.15) is 0 Å². The van der Waals surface area contributed by atoms with Gasteiger partial charge in [0, 0.05) is 43.8 Å². The molecule has 5 nitrogen and oxygen atoms in total. The van der Waals surface area contributed by atoms with E-state index in [0.717, 1.165) is 11.9 Å². The molecule has 0 fully saturated rings. The average Bonchev–Trinajstić information content (AvgIpc) is 2.93. The van der Waals surface area contributed by atoms with E-state index in [4.69, 9.17) is 0 Å². The van der Waals surface area contributed by atoms with Gasteiger partial charge >= 0.3 is 6.18 Å². The fourth-order valence-electron chi connectivity index (χ4n) is 2.79. The van der Waals surface area contributed by atoms with E-state index in [1.54, 1.807) is 7.05 Å². The molecule has 0 aliphatic carbocycles. The van der Waals surface area contributed by atoms with Gasteiger partial charge in [-0.1, -0.05) is 12.1 Å². The Labute approximate surface area is 174 Å². The summed E-state index contributed by atoms with van der Waals surface area (Å²) in [5.41, 5.74) is 3.55. The minimum Gasteiger partial charge on any atom is -0.361 e. The van der Waals surface area contributed by atoms with Crippen molar-refractivity contribution in [1.29, 1.82) is 0 Å². The number of H-pyrrole nitrogens is 1. The first-order valence-corrected chi connectivity index (χ1v) is 8.55. The first-order valence-electron chi connectivity index (χ1n) is 8.55. The van der Waals surface area contributed by atoms with Crippen LogP contribution < -0.4 is 10.6 Å². The highest BCUT2D eigenvalue weighted by Gasteiger charge is 2.28. The number of guanidine groups is 1. The van der Waals surface area contributed by atoms with Crippen molar-refractivity contribution in [3.05, 3.63) is 35.5 Å². The standard InChI is InChI=1S/C18H26F3N5.HI/c1-13-4-5-15-14(11-25-16(15)10-13)6-7-23-17(22-2)24-8-9-26(3)12-18(19,20)21;/h4-5,10-11,25H,6-9,12H2,1-3H3,(H2,22,23,24);1H. The highest BCUT2D eigenvalue weighted by Crippen LogP contribution is 2.19. The van der Waals surface area contributed by atoms with Crippen LogP contribution in [0.5, 0.6) is 0 Å². The van der Waals surface area contributed by atoms with Crippen LogP contribution in [0.4, 0.5) is 13.2 Å². The van der Waals surface area contributed by atoms with Gasteiger partial charge in [-0.15, -0.1) is 24.0 Å². The summed E-state index contributed by atoms with van der Waals surface area (Å²) in [6, 6.07) is 6.31.